The predicted octanol–water partition coefficient (Wildman–Crippen LogP) is 3.95. The van der Waals surface area contributed by atoms with Gasteiger partial charge in [0.05, 0.1) is 6.61 Å². The Labute approximate surface area is 106 Å². The molecule has 96 valence electrons. The van der Waals surface area contributed by atoms with Gasteiger partial charge in [0.2, 0.25) is 0 Å². The van der Waals surface area contributed by atoms with Crippen molar-refractivity contribution in [2.45, 2.75) is 26.7 Å². The van der Waals surface area contributed by atoms with E-state index < -0.39 is 6.09 Å². The van der Waals surface area contributed by atoms with Gasteiger partial charge in [-0.15, -0.1) is 0 Å². The molecule has 0 radical (unpaired) electrons. The minimum Gasteiger partial charge on any atom is -0.461 e. The minimum atomic E-state index is -0.436. The van der Waals surface area contributed by atoms with Crippen LogP contribution in [0.15, 0.2) is 28.7 Å². The number of rotatable bonds is 4. The number of hydrogen-bond acceptors (Lipinski definition) is 3. The number of hydrogen-bond donors (Lipinski definition) is 1. The Morgan fingerprint density at radius 3 is 2.89 bits per heavy atom. The zero-order chi connectivity index (χ0) is 13.0. The van der Waals surface area contributed by atoms with Crippen molar-refractivity contribution in [1.82, 2.24) is 0 Å². The number of aryl methyl sites for hydroxylation is 1. The van der Waals surface area contributed by atoms with Gasteiger partial charge in [0.1, 0.15) is 11.3 Å². The normalized spacial score (nSPS) is 10.6. The molecule has 1 aromatic carbocycles. The number of carbonyl (C=O) groups excluding carboxylic acids is 1. The summed E-state index contributed by atoms with van der Waals surface area (Å²) < 4.78 is 10.5. The second-order valence-corrected chi connectivity index (χ2v) is 4.06. The Balaban J connectivity index is 2.18. The van der Waals surface area contributed by atoms with Gasteiger partial charge in [0.15, 0.2) is 0 Å². The van der Waals surface area contributed by atoms with Crippen LogP contribution in [0.3, 0.4) is 0 Å². The molecule has 0 aliphatic rings. The lowest BCUT2D eigenvalue weighted by Gasteiger charge is -2.04. The van der Waals surface area contributed by atoms with Gasteiger partial charge < -0.3 is 9.15 Å². The lowest BCUT2D eigenvalue weighted by Crippen LogP contribution is -2.12. The third-order valence-corrected chi connectivity index (χ3v) is 2.59. The van der Waals surface area contributed by atoms with Gasteiger partial charge in [-0.25, -0.2) is 4.79 Å². The van der Waals surface area contributed by atoms with Crippen LogP contribution in [0.1, 0.15) is 26.0 Å². The van der Waals surface area contributed by atoms with E-state index in [2.05, 4.69) is 12.2 Å². The molecule has 1 N–H and O–H groups in total. The number of carbonyl (C=O) groups is 1. The Kier molecular flexibility index (Phi) is 3.87. The summed E-state index contributed by atoms with van der Waals surface area (Å²) in [6.45, 7) is 4.25. The van der Waals surface area contributed by atoms with Crippen LogP contribution in [0, 0.1) is 0 Å². The van der Waals surface area contributed by atoms with Crippen molar-refractivity contribution >= 4 is 22.7 Å². The second-order valence-electron chi connectivity index (χ2n) is 4.06. The highest BCUT2D eigenvalue weighted by Crippen LogP contribution is 2.23. The van der Waals surface area contributed by atoms with Gasteiger partial charge in [0, 0.05) is 17.5 Å². The molecule has 0 atom stereocenters. The van der Waals surface area contributed by atoms with Crippen molar-refractivity contribution in [1.29, 1.82) is 0 Å². The van der Waals surface area contributed by atoms with Crippen molar-refractivity contribution in [3.63, 3.8) is 0 Å². The molecular weight excluding hydrogens is 230 g/mol. The van der Waals surface area contributed by atoms with Gasteiger partial charge in [-0.05, 0) is 37.6 Å². The maximum absolute atomic E-state index is 11.3. The molecule has 2 aromatic rings. The first kappa shape index (κ1) is 12.5. The van der Waals surface area contributed by atoms with E-state index in [1.54, 1.807) is 13.0 Å². The van der Waals surface area contributed by atoms with Crippen LogP contribution in [0.5, 0.6) is 0 Å². The van der Waals surface area contributed by atoms with Crippen LogP contribution in [0.2, 0.25) is 0 Å². The number of fused-ring (bicyclic) bond motifs is 1. The summed E-state index contributed by atoms with van der Waals surface area (Å²) in [4.78, 5) is 11.3. The summed E-state index contributed by atoms with van der Waals surface area (Å²) in [5, 5.41) is 3.67. The topological polar surface area (TPSA) is 51.5 Å². The molecule has 0 saturated carbocycles. The summed E-state index contributed by atoms with van der Waals surface area (Å²) in [7, 11) is 0. The fourth-order valence-corrected chi connectivity index (χ4v) is 1.83. The van der Waals surface area contributed by atoms with Crippen molar-refractivity contribution in [3.8, 4) is 0 Å². The molecule has 18 heavy (non-hydrogen) atoms. The SMILES string of the molecule is CCCc1cc2cc(NC(=O)OCC)ccc2o1. The number of amides is 1. The number of ether oxygens (including phenoxy) is 1. The first-order chi connectivity index (χ1) is 8.72. The molecule has 4 heteroatoms. The van der Waals surface area contributed by atoms with Crippen LogP contribution in [-0.4, -0.2) is 12.7 Å². The van der Waals surface area contributed by atoms with Gasteiger partial charge in [-0.1, -0.05) is 6.92 Å². The van der Waals surface area contributed by atoms with E-state index in [0.29, 0.717) is 12.3 Å². The minimum absolute atomic E-state index is 0.362. The van der Waals surface area contributed by atoms with Crippen LogP contribution in [-0.2, 0) is 11.2 Å². The highest BCUT2D eigenvalue weighted by molar-refractivity contribution is 5.89. The first-order valence-electron chi connectivity index (χ1n) is 6.19. The molecular formula is C14H17NO3. The zero-order valence-electron chi connectivity index (χ0n) is 10.7. The molecule has 0 spiro atoms. The van der Waals surface area contributed by atoms with Gasteiger partial charge in [-0.3, -0.25) is 5.32 Å². The van der Waals surface area contributed by atoms with Gasteiger partial charge in [-0.2, -0.15) is 0 Å². The fraction of sp³-hybridized carbons (Fsp3) is 0.357. The van der Waals surface area contributed by atoms with E-state index in [-0.39, 0.29) is 0 Å². The Hall–Kier alpha value is -1.97. The Morgan fingerprint density at radius 2 is 2.17 bits per heavy atom. The standard InChI is InChI=1S/C14H17NO3/c1-3-5-12-9-10-8-11(6-7-13(10)18-12)15-14(16)17-4-2/h6-9H,3-5H2,1-2H3,(H,15,16). The summed E-state index contributed by atoms with van der Waals surface area (Å²) in [6.07, 6.45) is 1.54. The van der Waals surface area contributed by atoms with Crippen LogP contribution < -0.4 is 5.32 Å². The molecule has 1 heterocycles. The van der Waals surface area contributed by atoms with E-state index >= 15 is 0 Å². The lowest BCUT2D eigenvalue weighted by atomic mass is 10.2. The van der Waals surface area contributed by atoms with Crippen molar-refractivity contribution < 1.29 is 13.9 Å². The smallest absolute Gasteiger partial charge is 0.411 e. The van der Waals surface area contributed by atoms with Crippen molar-refractivity contribution in [2.24, 2.45) is 0 Å². The third-order valence-electron chi connectivity index (χ3n) is 2.59. The van der Waals surface area contributed by atoms with Gasteiger partial charge >= 0.3 is 6.09 Å². The highest BCUT2D eigenvalue weighted by atomic mass is 16.5. The van der Waals surface area contributed by atoms with E-state index in [4.69, 9.17) is 9.15 Å². The number of anilines is 1. The van der Waals surface area contributed by atoms with Crippen LogP contribution >= 0.6 is 0 Å². The third kappa shape index (κ3) is 2.83. The maximum Gasteiger partial charge on any atom is 0.411 e. The summed E-state index contributed by atoms with van der Waals surface area (Å²) in [5.41, 5.74) is 1.55. The quantitative estimate of drug-likeness (QED) is 0.889. The van der Waals surface area contributed by atoms with Crippen LogP contribution in [0.4, 0.5) is 10.5 Å². The Morgan fingerprint density at radius 1 is 1.33 bits per heavy atom. The molecule has 4 nitrogen and oxygen atoms in total. The Bertz CT molecular complexity index is 545. The van der Waals surface area contributed by atoms with Crippen molar-refractivity contribution in [3.05, 3.63) is 30.0 Å². The molecule has 0 aliphatic carbocycles. The monoisotopic (exact) mass is 247 g/mol. The average molecular weight is 247 g/mol. The second kappa shape index (κ2) is 5.58. The van der Waals surface area contributed by atoms with E-state index in [1.165, 1.54) is 0 Å². The molecule has 2 rings (SSSR count). The average Bonchev–Trinajstić information content (AvgIpc) is 2.71. The van der Waals surface area contributed by atoms with E-state index in [9.17, 15) is 4.79 Å². The molecule has 1 amide bonds. The van der Waals surface area contributed by atoms with E-state index in [1.807, 2.05) is 18.2 Å². The molecule has 0 aliphatic heterocycles. The highest BCUT2D eigenvalue weighted by Gasteiger charge is 2.06. The fourth-order valence-electron chi connectivity index (χ4n) is 1.83. The molecule has 0 bridgehead atoms. The summed E-state index contributed by atoms with van der Waals surface area (Å²) in [6, 6.07) is 7.55. The lowest BCUT2D eigenvalue weighted by molar-refractivity contribution is 0.168. The molecule has 0 unspecified atom stereocenters. The predicted molar refractivity (Wildman–Crippen MR) is 70.9 cm³/mol. The van der Waals surface area contributed by atoms with Crippen molar-refractivity contribution in [2.75, 3.05) is 11.9 Å². The van der Waals surface area contributed by atoms with Crippen LogP contribution in [0.25, 0.3) is 11.0 Å². The first-order valence-corrected chi connectivity index (χ1v) is 6.19. The largest absolute Gasteiger partial charge is 0.461 e. The number of nitrogens with one attached hydrogen (secondary N) is 1. The number of benzene rings is 1. The zero-order valence-corrected chi connectivity index (χ0v) is 10.7. The number of furan rings is 1. The summed E-state index contributed by atoms with van der Waals surface area (Å²) in [5.74, 6) is 0.973. The summed E-state index contributed by atoms with van der Waals surface area (Å²) >= 11 is 0. The molecule has 0 saturated heterocycles. The molecule has 0 fully saturated rings. The molecule has 1 aromatic heterocycles. The van der Waals surface area contributed by atoms with Gasteiger partial charge in [0.25, 0.3) is 0 Å². The van der Waals surface area contributed by atoms with E-state index in [0.717, 1.165) is 29.6 Å². The maximum atomic E-state index is 11.3.